The summed E-state index contributed by atoms with van der Waals surface area (Å²) in [7, 11) is 1.34. The first kappa shape index (κ1) is 68.7. The molecule has 0 bridgehead atoms. The van der Waals surface area contributed by atoms with Gasteiger partial charge in [-0.2, -0.15) is 0 Å². The van der Waals surface area contributed by atoms with E-state index in [-0.39, 0.29) is 25.8 Å². The van der Waals surface area contributed by atoms with Crippen molar-refractivity contribution in [3.05, 3.63) is 85.1 Å². The molecule has 0 saturated carbocycles. The monoisotopic (exact) mass is 1010 g/mol. The van der Waals surface area contributed by atoms with Crippen LogP contribution >= 0.6 is 7.82 Å². The Balaban J connectivity index is 4.12. The highest BCUT2D eigenvalue weighted by Gasteiger charge is 2.20. The van der Waals surface area contributed by atoms with Gasteiger partial charge < -0.3 is 27.9 Å². The molecule has 2 atom stereocenters. The second-order valence-electron chi connectivity index (χ2n) is 20.6. The molecule has 0 aliphatic heterocycles. The fourth-order valence-electron chi connectivity index (χ4n) is 7.96. The SMILES string of the molecule is CC/C=C\C/C=C\C/C=C\C/C=C\C/C=C\C/C=C\CCCCCCCOCC(COP(=O)([O-])OCC[N+](C)(C)C)OC(=O)CCCCCCCCCCCCCCC/C=C\CCCCCCCCCC. The van der Waals surface area contributed by atoms with Gasteiger partial charge in [-0.1, -0.05) is 234 Å². The largest absolute Gasteiger partial charge is 0.756 e. The summed E-state index contributed by atoms with van der Waals surface area (Å²) in [6.45, 7) is 5.27. The first-order valence-corrected chi connectivity index (χ1v) is 30.8. The molecule has 0 fully saturated rings. The summed E-state index contributed by atoms with van der Waals surface area (Å²) in [5, 5.41) is 0. The van der Waals surface area contributed by atoms with Crippen molar-refractivity contribution in [2.45, 2.75) is 251 Å². The maximum atomic E-state index is 12.8. The number of quaternary nitrogens is 1. The molecule has 0 aromatic carbocycles. The smallest absolute Gasteiger partial charge is 0.306 e. The molecule has 0 aromatic rings. The summed E-state index contributed by atoms with van der Waals surface area (Å²) >= 11 is 0. The average Bonchev–Trinajstić information content (AvgIpc) is 3.33. The summed E-state index contributed by atoms with van der Waals surface area (Å²) in [5.74, 6) is -0.341. The highest BCUT2D eigenvalue weighted by molar-refractivity contribution is 7.45. The number of unbranched alkanes of at least 4 members (excludes halogenated alkanes) is 26. The molecule has 0 saturated heterocycles. The zero-order valence-corrected chi connectivity index (χ0v) is 47.8. The Morgan fingerprint density at radius 2 is 0.817 bits per heavy atom. The van der Waals surface area contributed by atoms with E-state index in [0.717, 1.165) is 83.5 Å². The van der Waals surface area contributed by atoms with Gasteiger partial charge in [0.25, 0.3) is 7.82 Å². The molecule has 8 nitrogen and oxygen atoms in total. The van der Waals surface area contributed by atoms with Crippen LogP contribution in [0.2, 0.25) is 0 Å². The molecule has 2 unspecified atom stereocenters. The number of rotatable bonds is 54. The fraction of sp³-hybridized carbons (Fsp3) is 0.758. The molecule has 0 aromatic heterocycles. The van der Waals surface area contributed by atoms with Gasteiger partial charge in [0.1, 0.15) is 19.3 Å². The number of nitrogens with zero attached hydrogens (tertiary/aromatic N) is 1. The summed E-state index contributed by atoms with van der Waals surface area (Å²) in [6, 6.07) is 0. The summed E-state index contributed by atoms with van der Waals surface area (Å²) in [6.07, 6.45) is 73.4. The molecule has 412 valence electrons. The Hall–Kier alpha value is -2.32. The molecule has 0 N–H and O–H groups in total. The van der Waals surface area contributed by atoms with Crippen LogP contribution < -0.4 is 4.89 Å². The molecule has 0 spiro atoms. The number of hydrogen-bond donors (Lipinski definition) is 0. The predicted octanol–water partition coefficient (Wildman–Crippen LogP) is 18.1. The minimum absolute atomic E-state index is 0.0184. The van der Waals surface area contributed by atoms with E-state index in [1.165, 1.54) is 141 Å². The van der Waals surface area contributed by atoms with E-state index in [4.69, 9.17) is 18.5 Å². The van der Waals surface area contributed by atoms with Gasteiger partial charge in [-0.15, -0.1) is 0 Å². The van der Waals surface area contributed by atoms with Crippen molar-refractivity contribution in [2.24, 2.45) is 0 Å². The van der Waals surface area contributed by atoms with Gasteiger partial charge in [0.05, 0.1) is 34.4 Å². The topological polar surface area (TPSA) is 94.1 Å². The number of likely N-dealkylation sites (N-methyl/N-ethyl adjacent to an activating group) is 1. The first-order valence-electron chi connectivity index (χ1n) is 29.3. The third kappa shape index (κ3) is 58.4. The fourth-order valence-corrected chi connectivity index (χ4v) is 8.69. The van der Waals surface area contributed by atoms with Gasteiger partial charge in [-0.25, -0.2) is 0 Å². The highest BCUT2D eigenvalue weighted by atomic mass is 31.2. The van der Waals surface area contributed by atoms with Crippen LogP contribution in [0, 0.1) is 0 Å². The Morgan fingerprint density at radius 1 is 0.451 bits per heavy atom. The molecule has 0 aliphatic rings. The van der Waals surface area contributed by atoms with Gasteiger partial charge in [-0.3, -0.25) is 9.36 Å². The number of phosphoric acid groups is 1. The van der Waals surface area contributed by atoms with Crippen LogP contribution in [0.5, 0.6) is 0 Å². The van der Waals surface area contributed by atoms with Crippen molar-refractivity contribution in [2.75, 3.05) is 54.1 Å². The number of allylic oxidation sites excluding steroid dienone is 14. The lowest BCUT2D eigenvalue weighted by atomic mass is 10.0. The molecule has 0 amide bonds. The Kier molecular flexibility index (Phi) is 52.2. The Labute approximate surface area is 439 Å². The third-order valence-corrected chi connectivity index (χ3v) is 13.4. The average molecular weight is 1010 g/mol. The number of esters is 1. The first-order chi connectivity index (χ1) is 34.6. The number of carbonyl (C=O) groups is 1. The number of carbonyl (C=O) groups excluding carboxylic acids is 1. The van der Waals surface area contributed by atoms with Crippen molar-refractivity contribution in [3.63, 3.8) is 0 Å². The van der Waals surface area contributed by atoms with Crippen LogP contribution in [0.15, 0.2) is 85.1 Å². The minimum Gasteiger partial charge on any atom is -0.756 e. The quantitative estimate of drug-likeness (QED) is 0.0197. The predicted molar refractivity (Wildman–Crippen MR) is 305 cm³/mol. The van der Waals surface area contributed by atoms with E-state index in [0.29, 0.717) is 24.1 Å². The van der Waals surface area contributed by atoms with E-state index in [1.54, 1.807) is 0 Å². The van der Waals surface area contributed by atoms with E-state index < -0.39 is 13.9 Å². The zero-order valence-electron chi connectivity index (χ0n) is 46.9. The maximum Gasteiger partial charge on any atom is 0.306 e. The number of hydrogen-bond acceptors (Lipinski definition) is 7. The molecule has 0 heterocycles. The zero-order chi connectivity index (χ0) is 51.9. The second-order valence-corrected chi connectivity index (χ2v) is 22.0. The second kappa shape index (κ2) is 54.0. The summed E-state index contributed by atoms with van der Waals surface area (Å²) in [4.78, 5) is 25.3. The Morgan fingerprint density at radius 3 is 1.24 bits per heavy atom. The third-order valence-electron chi connectivity index (χ3n) is 12.4. The van der Waals surface area contributed by atoms with Crippen molar-refractivity contribution in [3.8, 4) is 0 Å². The van der Waals surface area contributed by atoms with Crippen LogP contribution in [0.1, 0.15) is 245 Å². The lowest BCUT2D eigenvalue weighted by molar-refractivity contribution is -0.870. The van der Waals surface area contributed by atoms with Crippen LogP contribution in [0.3, 0.4) is 0 Å². The molecule has 0 radical (unpaired) electrons. The van der Waals surface area contributed by atoms with E-state index >= 15 is 0 Å². The van der Waals surface area contributed by atoms with Crippen molar-refractivity contribution < 1.29 is 37.3 Å². The normalized spacial score (nSPS) is 14.1. The number of ether oxygens (including phenoxy) is 2. The van der Waals surface area contributed by atoms with Crippen LogP contribution in [0.25, 0.3) is 0 Å². The number of phosphoric ester groups is 1. The van der Waals surface area contributed by atoms with Gasteiger partial charge in [0, 0.05) is 13.0 Å². The van der Waals surface area contributed by atoms with Crippen molar-refractivity contribution >= 4 is 13.8 Å². The van der Waals surface area contributed by atoms with Gasteiger partial charge >= 0.3 is 5.97 Å². The van der Waals surface area contributed by atoms with Crippen LogP contribution in [-0.4, -0.2) is 70.7 Å². The molecule has 0 aliphatic carbocycles. The van der Waals surface area contributed by atoms with Crippen molar-refractivity contribution in [1.82, 2.24) is 0 Å². The minimum atomic E-state index is -4.55. The van der Waals surface area contributed by atoms with Gasteiger partial charge in [-0.05, 0) is 89.9 Å². The van der Waals surface area contributed by atoms with E-state index in [9.17, 15) is 14.3 Å². The standard InChI is InChI=1S/C62H112NO7P/c1-6-8-10-12-14-16-18-20-22-24-26-28-30-32-33-35-37-39-41-43-45-47-49-51-53-55-62(64)70-61(60-69-71(65,66)68-58-56-63(3,4)5)59-67-57-54-52-50-48-46-44-42-40-38-36-34-31-29-27-25-23-21-19-17-15-13-11-9-7-2/h9,11,15,17,21,23-24,26-27,29,34,36,40,42,61H,6-8,10,12-14,16,18-20,22,25,28,30-33,35,37-39,41,43-60H2,1-5H3/b11-9-,17-15-,23-21-,26-24-,29-27-,36-34-,42-40-. The van der Waals surface area contributed by atoms with Crippen LogP contribution in [0.4, 0.5) is 0 Å². The van der Waals surface area contributed by atoms with E-state index in [2.05, 4.69) is 98.9 Å². The van der Waals surface area contributed by atoms with Crippen LogP contribution in [-0.2, 0) is 27.9 Å². The Bertz CT molecular complexity index is 1410. The van der Waals surface area contributed by atoms with Gasteiger partial charge in [0.15, 0.2) is 0 Å². The van der Waals surface area contributed by atoms with Gasteiger partial charge in [0.2, 0.25) is 0 Å². The molecular weight excluding hydrogens is 902 g/mol. The van der Waals surface area contributed by atoms with Crippen molar-refractivity contribution in [1.29, 1.82) is 0 Å². The summed E-state index contributed by atoms with van der Waals surface area (Å²) in [5.41, 5.74) is 0. The highest BCUT2D eigenvalue weighted by Crippen LogP contribution is 2.38. The molecule has 0 rings (SSSR count). The molecule has 71 heavy (non-hydrogen) atoms. The lowest BCUT2D eigenvalue weighted by Crippen LogP contribution is -2.37. The van der Waals surface area contributed by atoms with E-state index in [1.807, 2.05) is 21.1 Å². The lowest BCUT2D eigenvalue weighted by Gasteiger charge is -2.28. The molecule has 9 heteroatoms. The molecular formula is C62H112NO7P. The summed E-state index contributed by atoms with van der Waals surface area (Å²) < 4.78 is 34.8. The maximum absolute atomic E-state index is 12.8.